The second-order valence-corrected chi connectivity index (χ2v) is 8.07. The Kier molecular flexibility index (Phi) is 5.03. The molecular weight excluding hydrogens is 330 g/mol. The number of halogens is 1. The van der Waals surface area contributed by atoms with Crippen LogP contribution < -0.4 is 9.46 Å². The van der Waals surface area contributed by atoms with Gasteiger partial charge in [0.1, 0.15) is 5.75 Å². The second kappa shape index (κ2) is 5.81. The number of hydrogen-bond donors (Lipinski definition) is 1. The minimum Gasteiger partial charge on any atom is -0.496 e. The highest BCUT2D eigenvalue weighted by Crippen LogP contribution is 2.28. The fourth-order valence-electron chi connectivity index (χ4n) is 1.29. The Balaban J connectivity index is 3.05. The van der Waals surface area contributed by atoms with E-state index in [0.717, 1.165) is 0 Å². The van der Waals surface area contributed by atoms with Crippen molar-refractivity contribution in [2.24, 2.45) is 5.41 Å². The smallest absolute Gasteiger partial charge is 0.240 e. The summed E-state index contributed by atoms with van der Waals surface area (Å²) in [6, 6.07) is 4.52. The van der Waals surface area contributed by atoms with Gasteiger partial charge in [-0.2, -0.15) is 0 Å². The van der Waals surface area contributed by atoms with Crippen LogP contribution in [0.3, 0.4) is 0 Å². The van der Waals surface area contributed by atoms with Crippen molar-refractivity contribution in [1.82, 2.24) is 4.72 Å². The highest BCUT2D eigenvalue weighted by Gasteiger charge is 2.26. The van der Waals surface area contributed by atoms with Gasteiger partial charge in [0, 0.05) is 6.04 Å². The van der Waals surface area contributed by atoms with Crippen molar-refractivity contribution in [3.8, 4) is 5.75 Å². The van der Waals surface area contributed by atoms with Crippen LogP contribution in [-0.4, -0.2) is 21.6 Å². The molecule has 1 atom stereocenters. The SMILES string of the molecule is COc1ccc(S(=O)(=O)NC(C)C(C)(C)C)cc1Br. The van der Waals surface area contributed by atoms with Crippen molar-refractivity contribution in [3.05, 3.63) is 22.7 Å². The number of sulfonamides is 1. The molecule has 1 aromatic rings. The Morgan fingerprint density at radius 2 is 1.89 bits per heavy atom. The zero-order chi connectivity index (χ0) is 14.8. The summed E-state index contributed by atoms with van der Waals surface area (Å²) in [6.07, 6.45) is 0. The Labute approximate surface area is 123 Å². The average Bonchev–Trinajstić information content (AvgIpc) is 2.27. The quantitative estimate of drug-likeness (QED) is 0.908. The molecule has 0 amide bonds. The van der Waals surface area contributed by atoms with E-state index in [1.165, 1.54) is 19.2 Å². The van der Waals surface area contributed by atoms with Crippen LogP contribution >= 0.6 is 15.9 Å². The second-order valence-electron chi connectivity index (χ2n) is 5.51. The molecule has 6 heteroatoms. The third kappa shape index (κ3) is 4.19. The standard InChI is InChI=1S/C13H20BrNO3S/c1-9(13(2,3)4)15-19(16,17)10-6-7-12(18-5)11(14)8-10/h6-9,15H,1-5H3. The molecular formula is C13H20BrNO3S. The molecule has 0 aromatic heterocycles. The van der Waals surface area contributed by atoms with Crippen molar-refractivity contribution >= 4 is 26.0 Å². The van der Waals surface area contributed by atoms with E-state index in [2.05, 4.69) is 20.7 Å². The van der Waals surface area contributed by atoms with Gasteiger partial charge in [-0.05, 0) is 46.5 Å². The highest BCUT2D eigenvalue weighted by atomic mass is 79.9. The zero-order valence-electron chi connectivity index (χ0n) is 11.8. The number of benzene rings is 1. The van der Waals surface area contributed by atoms with Crippen LogP contribution in [0.5, 0.6) is 5.75 Å². The lowest BCUT2D eigenvalue weighted by atomic mass is 9.89. The number of nitrogens with one attached hydrogen (secondary N) is 1. The van der Waals surface area contributed by atoms with Crippen LogP contribution in [0, 0.1) is 5.41 Å². The Bertz CT molecular complexity index is 549. The molecule has 0 radical (unpaired) electrons. The van der Waals surface area contributed by atoms with Gasteiger partial charge in [-0.25, -0.2) is 13.1 Å². The summed E-state index contributed by atoms with van der Waals surface area (Å²) in [4.78, 5) is 0.219. The number of methoxy groups -OCH3 is 1. The molecule has 1 rings (SSSR count). The molecule has 0 saturated carbocycles. The Morgan fingerprint density at radius 1 is 1.32 bits per heavy atom. The van der Waals surface area contributed by atoms with E-state index in [1.54, 1.807) is 6.07 Å². The van der Waals surface area contributed by atoms with Crippen molar-refractivity contribution in [2.45, 2.75) is 38.6 Å². The van der Waals surface area contributed by atoms with Gasteiger partial charge in [-0.3, -0.25) is 0 Å². The lowest BCUT2D eigenvalue weighted by Crippen LogP contribution is -2.41. The molecule has 0 heterocycles. The summed E-state index contributed by atoms with van der Waals surface area (Å²) >= 11 is 3.29. The molecule has 108 valence electrons. The van der Waals surface area contributed by atoms with Crippen LogP contribution in [0.15, 0.2) is 27.6 Å². The molecule has 0 spiro atoms. The predicted octanol–water partition coefficient (Wildman–Crippen LogP) is 3.17. The van der Waals surface area contributed by atoms with Crippen molar-refractivity contribution in [2.75, 3.05) is 7.11 Å². The molecule has 0 fully saturated rings. The van der Waals surface area contributed by atoms with E-state index in [9.17, 15) is 8.42 Å². The van der Waals surface area contributed by atoms with Gasteiger partial charge < -0.3 is 4.74 Å². The van der Waals surface area contributed by atoms with Gasteiger partial charge in [0.05, 0.1) is 16.5 Å². The molecule has 1 N–H and O–H groups in total. The first-order chi connectivity index (χ1) is 8.58. The Hall–Kier alpha value is -0.590. The summed E-state index contributed by atoms with van der Waals surface area (Å²) in [7, 11) is -1.99. The molecule has 4 nitrogen and oxygen atoms in total. The van der Waals surface area contributed by atoms with E-state index < -0.39 is 10.0 Å². The molecule has 1 aromatic carbocycles. The highest BCUT2D eigenvalue weighted by molar-refractivity contribution is 9.10. The summed E-state index contributed by atoms with van der Waals surface area (Å²) in [5.74, 6) is 0.600. The van der Waals surface area contributed by atoms with Gasteiger partial charge in [0.2, 0.25) is 10.0 Å². The minimum atomic E-state index is -3.53. The van der Waals surface area contributed by atoms with Crippen LogP contribution in [0.25, 0.3) is 0 Å². The van der Waals surface area contributed by atoms with Gasteiger partial charge in [0.25, 0.3) is 0 Å². The summed E-state index contributed by atoms with van der Waals surface area (Å²) in [5.41, 5.74) is -0.142. The van der Waals surface area contributed by atoms with Gasteiger partial charge in [0.15, 0.2) is 0 Å². The molecule has 1 unspecified atom stereocenters. The predicted molar refractivity (Wildman–Crippen MR) is 79.9 cm³/mol. The molecule has 0 aliphatic heterocycles. The van der Waals surface area contributed by atoms with Crippen LogP contribution in [0.4, 0.5) is 0 Å². The third-order valence-corrected chi connectivity index (χ3v) is 5.22. The van der Waals surface area contributed by atoms with Crippen molar-refractivity contribution in [1.29, 1.82) is 0 Å². The monoisotopic (exact) mass is 349 g/mol. The first-order valence-electron chi connectivity index (χ1n) is 5.94. The average molecular weight is 350 g/mol. The topological polar surface area (TPSA) is 55.4 Å². The number of hydrogen-bond acceptors (Lipinski definition) is 3. The summed E-state index contributed by atoms with van der Waals surface area (Å²) < 4.78 is 32.9. The largest absolute Gasteiger partial charge is 0.496 e. The van der Waals surface area contributed by atoms with Gasteiger partial charge in [-0.1, -0.05) is 20.8 Å². The lowest BCUT2D eigenvalue weighted by molar-refractivity contribution is 0.317. The number of ether oxygens (including phenoxy) is 1. The minimum absolute atomic E-state index is 0.142. The summed E-state index contributed by atoms with van der Waals surface area (Å²) in [5, 5.41) is 0. The van der Waals surface area contributed by atoms with Crippen molar-refractivity contribution < 1.29 is 13.2 Å². The molecule has 0 saturated heterocycles. The van der Waals surface area contributed by atoms with Crippen molar-refractivity contribution in [3.63, 3.8) is 0 Å². The normalized spacial score (nSPS) is 14.2. The maximum absolute atomic E-state index is 12.3. The fraction of sp³-hybridized carbons (Fsp3) is 0.538. The van der Waals surface area contributed by atoms with E-state index >= 15 is 0 Å². The van der Waals surface area contributed by atoms with E-state index in [0.29, 0.717) is 10.2 Å². The first-order valence-corrected chi connectivity index (χ1v) is 8.21. The third-order valence-electron chi connectivity index (χ3n) is 3.06. The van der Waals surface area contributed by atoms with Crippen LogP contribution in [0.2, 0.25) is 0 Å². The molecule has 0 aliphatic rings. The van der Waals surface area contributed by atoms with Crippen LogP contribution in [-0.2, 0) is 10.0 Å². The van der Waals surface area contributed by atoms with Gasteiger partial charge >= 0.3 is 0 Å². The van der Waals surface area contributed by atoms with Crippen LogP contribution in [0.1, 0.15) is 27.7 Å². The fourth-order valence-corrected chi connectivity index (χ4v) is 3.46. The molecule has 0 aliphatic carbocycles. The number of rotatable bonds is 4. The molecule has 0 bridgehead atoms. The Morgan fingerprint density at radius 3 is 2.32 bits per heavy atom. The zero-order valence-corrected chi connectivity index (χ0v) is 14.2. The maximum Gasteiger partial charge on any atom is 0.240 e. The lowest BCUT2D eigenvalue weighted by Gasteiger charge is -2.27. The molecule has 19 heavy (non-hydrogen) atoms. The van der Waals surface area contributed by atoms with Gasteiger partial charge in [-0.15, -0.1) is 0 Å². The van der Waals surface area contributed by atoms with E-state index in [4.69, 9.17) is 4.74 Å². The first kappa shape index (κ1) is 16.5. The maximum atomic E-state index is 12.3. The van der Waals surface area contributed by atoms with E-state index in [1.807, 2.05) is 27.7 Å². The van der Waals surface area contributed by atoms with E-state index in [-0.39, 0.29) is 16.4 Å². The summed E-state index contributed by atoms with van der Waals surface area (Å²) in [6.45, 7) is 7.83.